The van der Waals surface area contributed by atoms with Crippen LogP contribution in [0, 0.1) is 11.8 Å². The summed E-state index contributed by atoms with van der Waals surface area (Å²) < 4.78 is 5.18. The Morgan fingerprint density at radius 1 is 1.39 bits per heavy atom. The van der Waals surface area contributed by atoms with Gasteiger partial charge in [-0.15, -0.1) is 0 Å². The Labute approximate surface area is 110 Å². The van der Waals surface area contributed by atoms with Crippen molar-refractivity contribution < 1.29 is 9.53 Å². The minimum atomic E-state index is 0.173. The van der Waals surface area contributed by atoms with E-state index >= 15 is 0 Å². The highest BCUT2D eigenvalue weighted by atomic mass is 16.5. The lowest BCUT2D eigenvalue weighted by Gasteiger charge is -2.27. The molecule has 0 radical (unpaired) electrons. The van der Waals surface area contributed by atoms with Gasteiger partial charge in [-0.05, 0) is 44.4 Å². The van der Waals surface area contributed by atoms with Crippen LogP contribution in [0.5, 0.6) is 0 Å². The molecular formula is C14H26N2O2. The number of rotatable bonds is 4. The maximum Gasteiger partial charge on any atom is 0.222 e. The number of nitrogens with two attached hydrogens (primary N) is 1. The van der Waals surface area contributed by atoms with Crippen LogP contribution in [0.3, 0.4) is 0 Å². The summed E-state index contributed by atoms with van der Waals surface area (Å²) in [6, 6.07) is 0.356. The molecular weight excluding hydrogens is 228 g/mol. The Morgan fingerprint density at radius 2 is 2.11 bits per heavy atom. The average molecular weight is 254 g/mol. The fourth-order valence-corrected chi connectivity index (χ4v) is 3.27. The monoisotopic (exact) mass is 254 g/mol. The van der Waals surface area contributed by atoms with Crippen LogP contribution < -0.4 is 5.73 Å². The number of amides is 1. The molecule has 1 amide bonds. The zero-order chi connectivity index (χ0) is 13.1. The third kappa shape index (κ3) is 3.23. The van der Waals surface area contributed by atoms with Gasteiger partial charge in [0.05, 0.1) is 6.10 Å². The number of carbonyl (C=O) groups is 1. The van der Waals surface area contributed by atoms with Crippen molar-refractivity contribution in [2.45, 2.75) is 51.2 Å². The Kier molecular flexibility index (Phi) is 4.62. The van der Waals surface area contributed by atoms with E-state index in [0.29, 0.717) is 30.2 Å². The molecule has 4 heteroatoms. The second kappa shape index (κ2) is 6.02. The van der Waals surface area contributed by atoms with E-state index in [9.17, 15) is 4.79 Å². The van der Waals surface area contributed by atoms with Crippen molar-refractivity contribution in [2.24, 2.45) is 17.6 Å². The molecule has 2 N–H and O–H groups in total. The highest BCUT2D eigenvalue weighted by molar-refractivity contribution is 5.76. The van der Waals surface area contributed by atoms with Crippen LogP contribution in [0.25, 0.3) is 0 Å². The first kappa shape index (κ1) is 13.8. The maximum absolute atomic E-state index is 12.1. The van der Waals surface area contributed by atoms with Crippen LogP contribution in [-0.2, 0) is 9.53 Å². The molecule has 0 bridgehead atoms. The van der Waals surface area contributed by atoms with Gasteiger partial charge in [0.1, 0.15) is 0 Å². The number of nitrogens with zero attached hydrogens (tertiary/aromatic N) is 1. The van der Waals surface area contributed by atoms with Gasteiger partial charge in [0, 0.05) is 32.7 Å². The highest BCUT2D eigenvalue weighted by Gasteiger charge is 2.38. The lowest BCUT2D eigenvalue weighted by molar-refractivity contribution is -0.131. The smallest absolute Gasteiger partial charge is 0.222 e. The van der Waals surface area contributed by atoms with Gasteiger partial charge in [-0.25, -0.2) is 0 Å². The molecule has 1 saturated carbocycles. The number of methoxy groups -OCH3 is 1. The third-order valence-electron chi connectivity index (χ3n) is 4.61. The van der Waals surface area contributed by atoms with E-state index in [1.165, 1.54) is 6.42 Å². The fourth-order valence-electron chi connectivity index (χ4n) is 3.27. The zero-order valence-corrected chi connectivity index (χ0v) is 11.6. The zero-order valence-electron chi connectivity index (χ0n) is 11.6. The molecule has 1 heterocycles. The molecule has 0 spiro atoms. The van der Waals surface area contributed by atoms with E-state index < -0.39 is 0 Å². The molecule has 2 unspecified atom stereocenters. The van der Waals surface area contributed by atoms with Crippen LogP contribution in [0.1, 0.15) is 39.0 Å². The first-order valence-corrected chi connectivity index (χ1v) is 7.16. The van der Waals surface area contributed by atoms with Crippen molar-refractivity contribution >= 4 is 5.91 Å². The first-order chi connectivity index (χ1) is 8.60. The largest absolute Gasteiger partial charge is 0.382 e. The molecule has 4 nitrogen and oxygen atoms in total. The minimum Gasteiger partial charge on any atom is -0.382 e. The van der Waals surface area contributed by atoms with Crippen molar-refractivity contribution in [3.8, 4) is 0 Å². The summed E-state index contributed by atoms with van der Waals surface area (Å²) in [5.74, 6) is 1.65. The predicted molar refractivity (Wildman–Crippen MR) is 71.1 cm³/mol. The number of fused-ring (bicyclic) bond motifs is 1. The van der Waals surface area contributed by atoms with Crippen LogP contribution >= 0.6 is 0 Å². The second-order valence-electron chi connectivity index (χ2n) is 5.98. The molecule has 2 rings (SSSR count). The average Bonchev–Trinajstić information content (AvgIpc) is 2.78. The lowest BCUT2D eigenvalue weighted by Crippen LogP contribution is -2.32. The molecule has 0 aromatic heterocycles. The minimum absolute atomic E-state index is 0.173. The van der Waals surface area contributed by atoms with E-state index in [4.69, 9.17) is 10.5 Å². The van der Waals surface area contributed by atoms with E-state index in [1.807, 2.05) is 6.92 Å². The number of hydrogen-bond donors (Lipinski definition) is 1. The number of carbonyl (C=O) groups excluding carboxylic acids is 1. The van der Waals surface area contributed by atoms with Crippen molar-refractivity contribution in [3.05, 3.63) is 0 Å². The Hall–Kier alpha value is -0.610. The van der Waals surface area contributed by atoms with Crippen molar-refractivity contribution in [1.29, 1.82) is 0 Å². The van der Waals surface area contributed by atoms with Gasteiger partial charge in [0.15, 0.2) is 0 Å². The quantitative estimate of drug-likeness (QED) is 0.825. The summed E-state index contributed by atoms with van der Waals surface area (Å²) in [6.07, 6.45) is 5.03. The number of hydrogen-bond acceptors (Lipinski definition) is 3. The van der Waals surface area contributed by atoms with Crippen molar-refractivity contribution in [1.82, 2.24) is 4.90 Å². The van der Waals surface area contributed by atoms with Gasteiger partial charge in [-0.3, -0.25) is 4.79 Å². The first-order valence-electron chi connectivity index (χ1n) is 7.16. The number of ether oxygens (including phenoxy) is 1. The van der Waals surface area contributed by atoms with Gasteiger partial charge in [0.2, 0.25) is 5.91 Å². The molecule has 0 aromatic carbocycles. The molecule has 2 aliphatic rings. The van der Waals surface area contributed by atoms with E-state index in [1.54, 1.807) is 7.11 Å². The molecule has 104 valence electrons. The molecule has 1 aliphatic heterocycles. The molecule has 1 aliphatic carbocycles. The summed E-state index contributed by atoms with van der Waals surface area (Å²) in [5.41, 5.74) is 6.01. The van der Waals surface area contributed by atoms with Crippen LogP contribution in [0.15, 0.2) is 0 Å². The summed E-state index contributed by atoms with van der Waals surface area (Å²) in [5, 5.41) is 0. The molecule has 4 atom stereocenters. The lowest BCUT2D eigenvalue weighted by atomic mass is 9.79. The second-order valence-corrected chi connectivity index (χ2v) is 5.98. The molecule has 2 fully saturated rings. The summed E-state index contributed by atoms with van der Waals surface area (Å²) >= 11 is 0. The number of likely N-dealkylation sites (tertiary alicyclic amines) is 1. The van der Waals surface area contributed by atoms with Gasteiger partial charge >= 0.3 is 0 Å². The van der Waals surface area contributed by atoms with Crippen LogP contribution in [0.4, 0.5) is 0 Å². The third-order valence-corrected chi connectivity index (χ3v) is 4.61. The SMILES string of the molecule is COC(C)CCC(=O)N1C[C@H]2CCC(N)C[C@H]2C1. The Morgan fingerprint density at radius 3 is 2.83 bits per heavy atom. The molecule has 0 aromatic rings. The van der Waals surface area contributed by atoms with E-state index in [-0.39, 0.29) is 6.10 Å². The Bertz CT molecular complexity index is 296. The highest BCUT2D eigenvalue weighted by Crippen LogP contribution is 2.35. The standard InChI is InChI=1S/C14H26N2O2/c1-10(18-2)3-6-14(17)16-8-11-4-5-13(15)7-12(11)9-16/h10-13H,3-9,15H2,1-2H3/t10?,11-,12+,13?/m1/s1. The Balaban J connectivity index is 1.79. The van der Waals surface area contributed by atoms with E-state index in [2.05, 4.69) is 4.90 Å². The maximum atomic E-state index is 12.1. The molecule has 18 heavy (non-hydrogen) atoms. The topological polar surface area (TPSA) is 55.6 Å². The fraction of sp³-hybridized carbons (Fsp3) is 0.929. The molecule has 1 saturated heterocycles. The summed E-state index contributed by atoms with van der Waals surface area (Å²) in [7, 11) is 1.70. The van der Waals surface area contributed by atoms with Gasteiger partial charge in [-0.2, -0.15) is 0 Å². The van der Waals surface area contributed by atoms with Gasteiger partial charge in [0.25, 0.3) is 0 Å². The van der Waals surface area contributed by atoms with Crippen LogP contribution in [0.2, 0.25) is 0 Å². The normalized spacial score (nSPS) is 33.3. The van der Waals surface area contributed by atoms with E-state index in [0.717, 1.165) is 32.4 Å². The summed E-state index contributed by atoms with van der Waals surface area (Å²) in [6.45, 7) is 3.90. The van der Waals surface area contributed by atoms with Crippen molar-refractivity contribution in [2.75, 3.05) is 20.2 Å². The summed E-state index contributed by atoms with van der Waals surface area (Å²) in [4.78, 5) is 14.2. The van der Waals surface area contributed by atoms with Crippen molar-refractivity contribution in [3.63, 3.8) is 0 Å². The predicted octanol–water partition coefficient (Wildman–Crippen LogP) is 1.39. The van der Waals surface area contributed by atoms with Gasteiger partial charge in [-0.1, -0.05) is 0 Å². The van der Waals surface area contributed by atoms with Gasteiger partial charge < -0.3 is 15.4 Å². The van der Waals surface area contributed by atoms with Crippen LogP contribution in [-0.4, -0.2) is 43.2 Å².